The Bertz CT molecular complexity index is 1500. The molecule has 0 saturated heterocycles. The van der Waals surface area contributed by atoms with E-state index in [1.54, 1.807) is 34.2 Å². The van der Waals surface area contributed by atoms with Crippen LogP contribution in [-0.2, 0) is 22.7 Å². The highest BCUT2D eigenvalue weighted by Crippen LogP contribution is 2.36. The molecule has 0 fully saturated rings. The van der Waals surface area contributed by atoms with E-state index in [0.29, 0.717) is 44.4 Å². The number of carbonyl (C=O) groups excluding carboxylic acids is 2. The number of aryl methyl sites for hydroxylation is 1. The Balaban J connectivity index is 1.45. The van der Waals surface area contributed by atoms with Crippen LogP contribution in [-0.4, -0.2) is 39.5 Å². The number of halogens is 2. The van der Waals surface area contributed by atoms with Crippen LogP contribution >= 0.6 is 34.7 Å². The van der Waals surface area contributed by atoms with Crippen molar-refractivity contribution in [3.8, 4) is 16.9 Å². The second-order valence-electron chi connectivity index (χ2n) is 8.21. The Morgan fingerprint density at radius 3 is 2.72 bits per heavy atom. The molecule has 1 amide bonds. The quantitative estimate of drug-likeness (QED) is 0.124. The number of benzene rings is 2. The van der Waals surface area contributed by atoms with Crippen molar-refractivity contribution in [2.24, 2.45) is 0 Å². The Kier molecular flexibility index (Phi) is 9.39. The molecular weight excluding hydrogens is 563 g/mol. The summed E-state index contributed by atoms with van der Waals surface area (Å²) in [7, 11) is 1.26. The first-order chi connectivity index (χ1) is 18.8. The first kappa shape index (κ1) is 28.3. The molecule has 0 radical (unpaired) electrons. The highest BCUT2D eigenvalue weighted by Gasteiger charge is 2.23. The number of allylic oxidation sites excluding steroid dienone is 1. The Labute approximate surface area is 237 Å². The monoisotopic (exact) mass is 586 g/mol. The molecule has 0 saturated carbocycles. The third kappa shape index (κ3) is 6.86. The molecule has 0 bridgehead atoms. The number of nitrogens with one attached hydrogen (secondary N) is 1. The third-order valence-electron chi connectivity index (χ3n) is 5.47. The van der Waals surface area contributed by atoms with Gasteiger partial charge < -0.3 is 14.8 Å². The van der Waals surface area contributed by atoms with Crippen LogP contribution in [0.25, 0.3) is 11.1 Å². The molecule has 2 heterocycles. The number of methoxy groups -OCH3 is 1. The summed E-state index contributed by atoms with van der Waals surface area (Å²) in [5, 5.41) is 14.3. The van der Waals surface area contributed by atoms with E-state index in [-0.39, 0.29) is 23.8 Å². The van der Waals surface area contributed by atoms with Gasteiger partial charge in [0.15, 0.2) is 11.0 Å². The minimum Gasteiger partial charge on any atom is -0.484 e. The van der Waals surface area contributed by atoms with Crippen LogP contribution in [0.1, 0.15) is 21.7 Å². The number of carbonyl (C=O) groups is 2. The van der Waals surface area contributed by atoms with Crippen LogP contribution in [0.5, 0.6) is 5.75 Å². The van der Waals surface area contributed by atoms with E-state index in [0.717, 1.165) is 5.56 Å². The number of amides is 1. The van der Waals surface area contributed by atoms with E-state index >= 15 is 0 Å². The lowest BCUT2D eigenvalue weighted by Crippen LogP contribution is -2.16. The molecule has 4 aromatic rings. The van der Waals surface area contributed by atoms with E-state index in [1.165, 1.54) is 42.3 Å². The average molecular weight is 587 g/mol. The molecule has 1 N–H and O–H groups in total. The smallest absolute Gasteiger partial charge is 0.341 e. The fourth-order valence-corrected chi connectivity index (χ4v) is 5.51. The number of thiophene rings is 1. The van der Waals surface area contributed by atoms with Gasteiger partial charge in [-0.3, -0.25) is 9.36 Å². The lowest BCUT2D eigenvalue weighted by molar-refractivity contribution is -0.113. The van der Waals surface area contributed by atoms with E-state index in [4.69, 9.17) is 21.1 Å². The zero-order valence-electron chi connectivity index (χ0n) is 21.1. The normalized spacial score (nSPS) is 10.8. The number of ether oxygens (including phenoxy) is 2. The topological polar surface area (TPSA) is 95.3 Å². The second-order valence-corrected chi connectivity index (χ2v) is 10.4. The predicted molar refractivity (Wildman–Crippen MR) is 151 cm³/mol. The van der Waals surface area contributed by atoms with E-state index in [9.17, 15) is 14.0 Å². The highest BCUT2D eigenvalue weighted by atomic mass is 35.5. The highest BCUT2D eigenvalue weighted by molar-refractivity contribution is 7.99. The molecule has 39 heavy (non-hydrogen) atoms. The van der Waals surface area contributed by atoms with Gasteiger partial charge in [-0.1, -0.05) is 47.6 Å². The molecule has 0 unspecified atom stereocenters. The molecule has 0 aliphatic rings. The standard InChI is InChI=1S/C27H24ClFN4O4S2/c1-4-11-33-22(13-37-21-12-16(2)5-10-20(21)28)31-32-27(33)39-15-23(34)30-25-24(26(35)36-3)19(14-38-25)17-6-8-18(29)9-7-17/h4-10,12,14H,1,11,13,15H2,2-3H3,(H,30,34). The van der Waals surface area contributed by atoms with Crippen molar-refractivity contribution in [2.45, 2.75) is 25.2 Å². The Hall–Kier alpha value is -3.67. The van der Waals surface area contributed by atoms with Gasteiger partial charge in [-0.15, -0.1) is 28.1 Å². The zero-order chi connectivity index (χ0) is 27.9. The summed E-state index contributed by atoms with van der Waals surface area (Å²) in [4.78, 5) is 25.4. The summed E-state index contributed by atoms with van der Waals surface area (Å²) >= 11 is 8.59. The van der Waals surface area contributed by atoms with Crippen LogP contribution in [0.3, 0.4) is 0 Å². The first-order valence-corrected chi connectivity index (χ1v) is 13.8. The van der Waals surface area contributed by atoms with Crippen molar-refractivity contribution >= 4 is 51.6 Å². The minimum atomic E-state index is -0.609. The summed E-state index contributed by atoms with van der Waals surface area (Å²) in [6, 6.07) is 11.2. The van der Waals surface area contributed by atoms with Crippen LogP contribution < -0.4 is 10.1 Å². The predicted octanol–water partition coefficient (Wildman–Crippen LogP) is 6.39. The lowest BCUT2D eigenvalue weighted by Gasteiger charge is -2.11. The van der Waals surface area contributed by atoms with Crippen LogP contribution in [0.4, 0.5) is 9.39 Å². The number of thioether (sulfide) groups is 1. The first-order valence-electron chi connectivity index (χ1n) is 11.6. The van der Waals surface area contributed by atoms with Gasteiger partial charge in [0.25, 0.3) is 0 Å². The number of rotatable bonds is 11. The summed E-state index contributed by atoms with van der Waals surface area (Å²) in [5.41, 5.74) is 2.38. The second kappa shape index (κ2) is 12.9. The lowest BCUT2D eigenvalue weighted by atomic mass is 10.0. The van der Waals surface area contributed by atoms with Crippen molar-refractivity contribution in [1.29, 1.82) is 0 Å². The van der Waals surface area contributed by atoms with Gasteiger partial charge in [-0.05, 0) is 42.3 Å². The molecule has 8 nitrogen and oxygen atoms in total. The van der Waals surface area contributed by atoms with E-state index in [2.05, 4.69) is 22.1 Å². The molecular formula is C27H24ClFN4O4S2. The summed E-state index contributed by atoms with van der Waals surface area (Å²) in [6.07, 6.45) is 1.70. The summed E-state index contributed by atoms with van der Waals surface area (Å²) in [5.74, 6) is -0.263. The molecule has 12 heteroatoms. The molecule has 0 aliphatic carbocycles. The number of hydrogen-bond acceptors (Lipinski definition) is 8. The van der Waals surface area contributed by atoms with Gasteiger partial charge in [0.05, 0.1) is 17.9 Å². The largest absolute Gasteiger partial charge is 0.484 e. The van der Waals surface area contributed by atoms with Crippen molar-refractivity contribution in [2.75, 3.05) is 18.2 Å². The van der Waals surface area contributed by atoms with Gasteiger partial charge >= 0.3 is 5.97 Å². The SMILES string of the molecule is C=CCn1c(COc2cc(C)ccc2Cl)nnc1SCC(=O)Nc1scc(-c2ccc(F)cc2)c1C(=O)OC. The Morgan fingerprint density at radius 2 is 2.00 bits per heavy atom. The average Bonchev–Trinajstić information content (AvgIpc) is 3.52. The number of nitrogens with zero attached hydrogens (tertiary/aromatic N) is 3. The van der Waals surface area contributed by atoms with Gasteiger partial charge in [0.1, 0.15) is 28.7 Å². The third-order valence-corrected chi connectivity index (χ3v) is 7.64. The van der Waals surface area contributed by atoms with Crippen LogP contribution in [0, 0.1) is 12.7 Å². The number of hydrogen-bond donors (Lipinski definition) is 1. The minimum absolute atomic E-state index is 0.00420. The number of esters is 1. The Morgan fingerprint density at radius 1 is 1.23 bits per heavy atom. The van der Waals surface area contributed by atoms with Crippen molar-refractivity contribution < 1.29 is 23.5 Å². The van der Waals surface area contributed by atoms with E-state index in [1.807, 2.05) is 19.1 Å². The zero-order valence-corrected chi connectivity index (χ0v) is 23.5. The maximum absolute atomic E-state index is 13.4. The van der Waals surface area contributed by atoms with Gasteiger partial charge in [-0.2, -0.15) is 0 Å². The van der Waals surface area contributed by atoms with Crippen molar-refractivity contribution in [3.63, 3.8) is 0 Å². The molecule has 4 rings (SSSR count). The van der Waals surface area contributed by atoms with Gasteiger partial charge in [0, 0.05) is 17.5 Å². The fraction of sp³-hybridized carbons (Fsp3) is 0.185. The maximum atomic E-state index is 13.4. The van der Waals surface area contributed by atoms with Crippen LogP contribution in [0.2, 0.25) is 5.02 Å². The molecule has 0 atom stereocenters. The van der Waals surface area contributed by atoms with Gasteiger partial charge in [-0.25, -0.2) is 9.18 Å². The summed E-state index contributed by atoms with van der Waals surface area (Å²) in [6.45, 7) is 6.27. The van der Waals surface area contributed by atoms with Crippen molar-refractivity contribution in [3.05, 3.63) is 88.3 Å². The number of anilines is 1. The van der Waals surface area contributed by atoms with Crippen molar-refractivity contribution in [1.82, 2.24) is 14.8 Å². The summed E-state index contributed by atoms with van der Waals surface area (Å²) < 4.78 is 26.0. The molecule has 0 spiro atoms. The molecule has 2 aromatic carbocycles. The van der Waals surface area contributed by atoms with E-state index < -0.39 is 11.8 Å². The number of aromatic nitrogens is 3. The van der Waals surface area contributed by atoms with Gasteiger partial charge in [0.2, 0.25) is 5.91 Å². The van der Waals surface area contributed by atoms with Crippen LogP contribution in [0.15, 0.2) is 65.7 Å². The molecule has 202 valence electrons. The fourth-order valence-electron chi connectivity index (χ4n) is 3.60. The molecule has 2 aromatic heterocycles. The molecule has 0 aliphatic heterocycles. The maximum Gasteiger partial charge on any atom is 0.341 e.